The Morgan fingerprint density at radius 2 is 0.460 bits per heavy atom. The minimum absolute atomic E-state index is 0.795. The van der Waals surface area contributed by atoms with Crippen LogP contribution in [0.15, 0.2) is 415 Å². The van der Waals surface area contributed by atoms with Crippen LogP contribution in [0.2, 0.25) is 0 Å². The molecule has 20 aromatic carbocycles. The molecule has 6 aromatic heterocycles. The highest BCUT2D eigenvalue weighted by atomic mass is 16.3. The lowest BCUT2D eigenvalue weighted by Gasteiger charge is -2.27. The first-order valence-corrected chi connectivity index (χ1v) is 42.0. The average Bonchev–Trinajstić information content (AvgIpc) is 1.53. The van der Waals surface area contributed by atoms with Gasteiger partial charge in [-0.05, 0) is 285 Å². The Morgan fingerprint density at radius 3 is 0.903 bits per heavy atom. The molecule has 10 heteroatoms. The van der Waals surface area contributed by atoms with Gasteiger partial charge in [-0.15, -0.1) is 0 Å². The molecule has 6 heterocycles. The fourth-order valence-electron chi connectivity index (χ4n) is 19.5. The van der Waals surface area contributed by atoms with Crippen LogP contribution in [-0.4, -0.2) is 0 Å². The molecule has 0 atom stereocenters. The van der Waals surface area contributed by atoms with Gasteiger partial charge in [-0.25, -0.2) is 0 Å². The van der Waals surface area contributed by atoms with E-state index < -0.39 is 0 Å². The standard InChI is InChI=1S/C114H70N4O6/c1-67-19-9-13-29-99(67)117(101-30-17-27-93-88-25-11-15-33-104(88)123-113(93)101)83-43-37-72-58-97-98-59-73-38-44-84(55-78(73)64-110(98)122-109(97)63-77(72)54-83)118(102-31-18-28-94-89-26-12-16-34-105(89)124-114(94)102)100-50-40-69(51-68(100)2)74-39-47-90-92-49-46-86(66-112(92)120-106(90)60-74)116(80-22-7-4-8-23-80)82-42-36-71-57-96-95-56-70-35-41-81(52-75(70)61-107(95)121-108(96)62-76(71)53-82)115(79-20-5-3-6-21-79)85-45-48-91-87-24-10-14-32-103(87)119-111(91)65-85/h3-66H,1-2H3. The zero-order valence-electron chi connectivity index (χ0n) is 67.2. The number of benzene rings is 20. The van der Waals surface area contributed by atoms with Crippen LogP contribution in [0, 0.1) is 13.8 Å². The monoisotopic (exact) mass is 1590 g/mol. The van der Waals surface area contributed by atoms with Crippen molar-refractivity contribution in [2.24, 2.45) is 0 Å². The minimum atomic E-state index is 0.795. The van der Waals surface area contributed by atoms with Gasteiger partial charge < -0.3 is 46.1 Å². The highest BCUT2D eigenvalue weighted by Gasteiger charge is 2.27. The van der Waals surface area contributed by atoms with Crippen LogP contribution < -0.4 is 19.6 Å². The molecule has 0 aliphatic carbocycles. The van der Waals surface area contributed by atoms with E-state index in [1.165, 1.54) is 0 Å². The molecule has 0 aliphatic rings. The Balaban J connectivity index is 0.523. The molecule has 0 saturated carbocycles. The van der Waals surface area contributed by atoms with Crippen LogP contribution in [0.4, 0.5) is 68.2 Å². The van der Waals surface area contributed by atoms with Crippen molar-refractivity contribution in [3.63, 3.8) is 0 Å². The topological polar surface area (TPSA) is 91.8 Å². The van der Waals surface area contributed by atoms with E-state index in [0.717, 1.165) is 265 Å². The van der Waals surface area contributed by atoms with Crippen LogP contribution in [0.3, 0.4) is 0 Å². The lowest BCUT2D eigenvalue weighted by atomic mass is 9.99. The first kappa shape index (κ1) is 69.4. The molecule has 0 saturated heterocycles. The number of fused-ring (bicyclic) bond motifs is 22. The number of hydrogen-bond acceptors (Lipinski definition) is 10. The van der Waals surface area contributed by atoms with Gasteiger partial charge in [-0.3, -0.25) is 0 Å². The number of para-hydroxylation sites is 8. The largest absolute Gasteiger partial charge is 0.456 e. The van der Waals surface area contributed by atoms with Gasteiger partial charge in [-0.2, -0.15) is 0 Å². The van der Waals surface area contributed by atoms with Crippen molar-refractivity contribution in [3.05, 3.63) is 399 Å². The van der Waals surface area contributed by atoms with Crippen molar-refractivity contribution in [2.75, 3.05) is 19.6 Å². The molecule has 0 N–H and O–H groups in total. The molecule has 0 amide bonds. The van der Waals surface area contributed by atoms with E-state index in [0.29, 0.717) is 0 Å². The Labute approximate surface area is 708 Å². The summed E-state index contributed by atoms with van der Waals surface area (Å²) in [6.07, 6.45) is 0. The molecule has 0 unspecified atom stereocenters. The predicted molar refractivity (Wildman–Crippen MR) is 514 cm³/mol. The summed E-state index contributed by atoms with van der Waals surface area (Å²) < 4.78 is 40.8. The SMILES string of the molecule is Cc1ccccc1N(c1ccc2cc3c(cc2c1)oc1cc2cc(N(c4ccc(-c5ccc6c(c5)oc5cc(N(c7ccccc7)c7ccc8cc9c(cc8c7)oc7cc8cc(N(c%10ccccc%10)c%10ccc%11c(c%10)oc%10ccccc%10%11)ccc8cc79)ccc56)cc4C)c4cccc5c4oc4ccccc45)ccc2cc13)c1cccc2c1oc1ccccc12. The van der Waals surface area contributed by atoms with Crippen LogP contribution in [-0.2, 0) is 0 Å². The number of aryl methyl sites for hydroxylation is 2. The summed E-state index contributed by atoms with van der Waals surface area (Å²) >= 11 is 0. The summed E-state index contributed by atoms with van der Waals surface area (Å²) in [5, 5.41) is 21.6. The van der Waals surface area contributed by atoms with Crippen molar-refractivity contribution >= 4 is 243 Å². The normalized spacial score (nSPS) is 12.1. The second-order valence-electron chi connectivity index (χ2n) is 32.8. The molecule has 26 aromatic rings. The number of anilines is 12. The van der Waals surface area contributed by atoms with E-state index in [-0.39, 0.29) is 0 Å². The lowest BCUT2D eigenvalue weighted by Crippen LogP contribution is -2.11. The molecule has 582 valence electrons. The second kappa shape index (κ2) is 27.0. The summed E-state index contributed by atoms with van der Waals surface area (Å²) in [7, 11) is 0. The average molecular weight is 1590 g/mol. The van der Waals surface area contributed by atoms with E-state index in [4.69, 9.17) is 26.5 Å². The van der Waals surface area contributed by atoms with Crippen molar-refractivity contribution in [1.82, 2.24) is 0 Å². The van der Waals surface area contributed by atoms with Crippen LogP contribution >= 0.6 is 0 Å². The van der Waals surface area contributed by atoms with Gasteiger partial charge in [0.15, 0.2) is 11.2 Å². The van der Waals surface area contributed by atoms with E-state index in [1.54, 1.807) is 0 Å². The molecule has 10 nitrogen and oxygen atoms in total. The maximum atomic E-state index is 6.99. The summed E-state index contributed by atoms with van der Waals surface area (Å²) in [6, 6.07) is 139. The maximum Gasteiger partial charge on any atom is 0.159 e. The smallest absolute Gasteiger partial charge is 0.159 e. The van der Waals surface area contributed by atoms with E-state index in [1.807, 2.05) is 30.3 Å². The molecule has 26 rings (SSSR count). The van der Waals surface area contributed by atoms with Crippen molar-refractivity contribution in [3.8, 4) is 11.1 Å². The Morgan fingerprint density at radius 1 is 0.153 bits per heavy atom. The second-order valence-corrected chi connectivity index (χ2v) is 32.8. The number of rotatable bonds is 13. The highest BCUT2D eigenvalue weighted by Crippen LogP contribution is 2.51. The van der Waals surface area contributed by atoms with Crippen LogP contribution in [0.1, 0.15) is 11.1 Å². The first-order valence-electron chi connectivity index (χ1n) is 42.0. The fraction of sp³-hybridized carbons (Fsp3) is 0.0175. The number of nitrogens with zero attached hydrogens (tertiary/aromatic N) is 4. The van der Waals surface area contributed by atoms with Gasteiger partial charge in [0.05, 0.1) is 11.4 Å². The summed E-state index contributed by atoms with van der Waals surface area (Å²) in [5.74, 6) is 0. The maximum absolute atomic E-state index is 6.99. The molecular formula is C114H70N4O6. The van der Waals surface area contributed by atoms with E-state index in [2.05, 4.69) is 391 Å². The van der Waals surface area contributed by atoms with Gasteiger partial charge in [0.1, 0.15) is 55.8 Å². The summed E-state index contributed by atoms with van der Waals surface area (Å²) in [4.78, 5) is 9.27. The van der Waals surface area contributed by atoms with Crippen LogP contribution in [0.25, 0.3) is 186 Å². The Kier molecular flexibility index (Phi) is 15.1. The third-order valence-corrected chi connectivity index (χ3v) is 25.5. The molecular weight excluding hydrogens is 1520 g/mol. The first-order chi connectivity index (χ1) is 61.2. The van der Waals surface area contributed by atoms with E-state index in [9.17, 15) is 0 Å². The highest BCUT2D eigenvalue weighted by molar-refractivity contribution is 6.19. The minimum Gasteiger partial charge on any atom is -0.456 e. The molecule has 0 bridgehead atoms. The van der Waals surface area contributed by atoms with Gasteiger partial charge in [-0.1, -0.05) is 170 Å². The molecule has 0 spiro atoms. The third-order valence-electron chi connectivity index (χ3n) is 25.5. The van der Waals surface area contributed by atoms with E-state index >= 15 is 0 Å². The molecule has 0 radical (unpaired) electrons. The molecule has 0 fully saturated rings. The quantitative estimate of drug-likeness (QED) is 0.111. The lowest BCUT2D eigenvalue weighted by molar-refractivity contribution is 0.668. The van der Waals surface area contributed by atoms with Gasteiger partial charge in [0, 0.05) is 134 Å². The van der Waals surface area contributed by atoms with Crippen molar-refractivity contribution < 1.29 is 26.5 Å². The predicted octanol–water partition coefficient (Wildman–Crippen LogP) is 33.9. The molecule has 124 heavy (non-hydrogen) atoms. The zero-order chi connectivity index (χ0) is 81.5. The van der Waals surface area contributed by atoms with Gasteiger partial charge >= 0.3 is 0 Å². The number of hydrogen-bond donors (Lipinski definition) is 0. The number of furan rings is 6. The zero-order valence-corrected chi connectivity index (χ0v) is 67.2. The summed E-state index contributed by atoms with van der Waals surface area (Å²) in [6.45, 7) is 4.37. The Hall–Kier alpha value is -16.6. The van der Waals surface area contributed by atoms with Crippen molar-refractivity contribution in [1.29, 1.82) is 0 Å². The fourth-order valence-corrected chi connectivity index (χ4v) is 19.5. The Bertz CT molecular complexity index is 8970. The van der Waals surface area contributed by atoms with Crippen LogP contribution in [0.5, 0.6) is 0 Å². The van der Waals surface area contributed by atoms with Gasteiger partial charge in [0.2, 0.25) is 0 Å². The summed E-state index contributed by atoms with van der Waals surface area (Å²) in [5.41, 5.74) is 26.4. The third kappa shape index (κ3) is 11.0. The molecule has 0 aliphatic heterocycles. The van der Waals surface area contributed by atoms with Crippen molar-refractivity contribution in [2.45, 2.75) is 13.8 Å². The van der Waals surface area contributed by atoms with Gasteiger partial charge in [0.25, 0.3) is 0 Å².